The van der Waals surface area contributed by atoms with Crippen molar-refractivity contribution in [3.8, 4) is 11.5 Å². The SMILES string of the molecule is COC(=O)Oc1cccc(O)c1. The number of carbonyl (C=O) groups excluding carboxylic acids is 1. The summed E-state index contributed by atoms with van der Waals surface area (Å²) in [5.74, 6) is 0.290. The van der Waals surface area contributed by atoms with Crippen LogP contribution in [0.5, 0.6) is 11.5 Å². The number of phenolic OH excluding ortho intramolecular Hbond substituents is 1. The number of methoxy groups -OCH3 is 1. The number of carbonyl (C=O) groups is 1. The second-order valence-corrected chi connectivity index (χ2v) is 2.05. The standard InChI is InChI=1S/C8H8O4/c1-11-8(10)12-7-4-2-3-6(9)5-7/h2-5,9H,1H3. The van der Waals surface area contributed by atoms with Crippen LogP contribution in [0, 0.1) is 0 Å². The Kier molecular flexibility index (Phi) is 2.53. The number of rotatable bonds is 1. The molecule has 0 radical (unpaired) electrons. The van der Waals surface area contributed by atoms with E-state index in [1.807, 2.05) is 0 Å². The number of aromatic hydroxyl groups is 1. The maximum Gasteiger partial charge on any atom is 0.513 e. The van der Waals surface area contributed by atoms with Crippen LogP contribution in [0.15, 0.2) is 24.3 Å². The van der Waals surface area contributed by atoms with Crippen LogP contribution in [0.1, 0.15) is 0 Å². The Labute approximate surface area is 69.3 Å². The summed E-state index contributed by atoms with van der Waals surface area (Å²) in [5, 5.41) is 8.97. The second kappa shape index (κ2) is 3.61. The van der Waals surface area contributed by atoms with E-state index in [9.17, 15) is 4.79 Å². The fourth-order valence-electron chi connectivity index (χ4n) is 0.685. The van der Waals surface area contributed by atoms with E-state index in [2.05, 4.69) is 9.47 Å². The Morgan fingerprint density at radius 2 is 2.25 bits per heavy atom. The van der Waals surface area contributed by atoms with Gasteiger partial charge in [0.1, 0.15) is 11.5 Å². The van der Waals surface area contributed by atoms with Gasteiger partial charge >= 0.3 is 6.16 Å². The van der Waals surface area contributed by atoms with Crippen LogP contribution >= 0.6 is 0 Å². The maximum atomic E-state index is 10.6. The van der Waals surface area contributed by atoms with Crippen molar-refractivity contribution in [3.63, 3.8) is 0 Å². The lowest BCUT2D eigenvalue weighted by Crippen LogP contribution is -2.06. The molecule has 1 aromatic rings. The van der Waals surface area contributed by atoms with Crippen molar-refractivity contribution in [3.05, 3.63) is 24.3 Å². The molecule has 1 rings (SSSR count). The maximum absolute atomic E-state index is 10.6. The van der Waals surface area contributed by atoms with Crippen molar-refractivity contribution in [1.29, 1.82) is 0 Å². The van der Waals surface area contributed by atoms with Crippen LogP contribution in [-0.4, -0.2) is 18.4 Å². The Hall–Kier alpha value is -1.71. The summed E-state index contributed by atoms with van der Waals surface area (Å²) in [4.78, 5) is 10.6. The highest BCUT2D eigenvalue weighted by Crippen LogP contribution is 2.17. The zero-order valence-electron chi connectivity index (χ0n) is 6.48. The summed E-state index contributed by atoms with van der Waals surface area (Å²) in [7, 11) is 1.21. The summed E-state index contributed by atoms with van der Waals surface area (Å²) in [6, 6.07) is 5.89. The lowest BCUT2D eigenvalue weighted by Gasteiger charge is -2.01. The number of hydrogen-bond donors (Lipinski definition) is 1. The van der Waals surface area contributed by atoms with E-state index >= 15 is 0 Å². The van der Waals surface area contributed by atoms with E-state index in [1.165, 1.54) is 25.3 Å². The summed E-state index contributed by atoms with van der Waals surface area (Å²) in [5.41, 5.74) is 0. The molecule has 0 atom stereocenters. The lowest BCUT2D eigenvalue weighted by atomic mass is 10.3. The van der Waals surface area contributed by atoms with Crippen molar-refractivity contribution in [2.75, 3.05) is 7.11 Å². The molecular weight excluding hydrogens is 160 g/mol. The van der Waals surface area contributed by atoms with Gasteiger partial charge in [-0.15, -0.1) is 0 Å². The van der Waals surface area contributed by atoms with Crippen molar-refractivity contribution in [2.24, 2.45) is 0 Å². The quantitative estimate of drug-likeness (QED) is 0.510. The van der Waals surface area contributed by atoms with E-state index in [-0.39, 0.29) is 11.5 Å². The van der Waals surface area contributed by atoms with Gasteiger partial charge in [0, 0.05) is 6.07 Å². The topological polar surface area (TPSA) is 55.8 Å². The molecule has 1 N–H and O–H groups in total. The Bertz CT molecular complexity index is 282. The number of ether oxygens (including phenoxy) is 2. The number of benzene rings is 1. The van der Waals surface area contributed by atoms with Crippen LogP contribution in [0.25, 0.3) is 0 Å². The summed E-state index contributed by atoms with van der Waals surface area (Å²) < 4.78 is 8.87. The molecule has 0 aromatic heterocycles. The van der Waals surface area contributed by atoms with Gasteiger partial charge in [0.15, 0.2) is 0 Å². The van der Waals surface area contributed by atoms with Crippen LogP contribution in [0.3, 0.4) is 0 Å². The molecule has 0 heterocycles. The first kappa shape index (κ1) is 8.39. The van der Waals surface area contributed by atoms with E-state index in [0.717, 1.165) is 0 Å². The van der Waals surface area contributed by atoms with E-state index in [4.69, 9.17) is 5.11 Å². The van der Waals surface area contributed by atoms with E-state index < -0.39 is 6.16 Å². The predicted molar refractivity (Wildman–Crippen MR) is 41.1 cm³/mol. The van der Waals surface area contributed by atoms with E-state index in [1.54, 1.807) is 6.07 Å². The minimum Gasteiger partial charge on any atom is -0.508 e. The normalized spacial score (nSPS) is 9.08. The molecule has 1 aromatic carbocycles. The lowest BCUT2D eigenvalue weighted by molar-refractivity contribution is 0.121. The fraction of sp³-hybridized carbons (Fsp3) is 0.125. The van der Waals surface area contributed by atoms with Crippen LogP contribution in [0.2, 0.25) is 0 Å². The number of phenols is 1. The van der Waals surface area contributed by atoms with Crippen LogP contribution < -0.4 is 4.74 Å². The van der Waals surface area contributed by atoms with E-state index in [0.29, 0.717) is 0 Å². The molecule has 0 spiro atoms. The first-order valence-electron chi connectivity index (χ1n) is 3.27. The predicted octanol–water partition coefficient (Wildman–Crippen LogP) is 1.54. The average Bonchev–Trinajstić information content (AvgIpc) is 2.04. The second-order valence-electron chi connectivity index (χ2n) is 2.05. The monoisotopic (exact) mass is 168 g/mol. The molecular formula is C8H8O4. The molecule has 4 nitrogen and oxygen atoms in total. The molecule has 0 amide bonds. The minimum absolute atomic E-state index is 0.0383. The molecule has 0 aliphatic heterocycles. The smallest absolute Gasteiger partial charge is 0.508 e. The molecule has 64 valence electrons. The Balaban J connectivity index is 2.69. The molecule has 12 heavy (non-hydrogen) atoms. The van der Waals surface area contributed by atoms with Gasteiger partial charge < -0.3 is 14.6 Å². The minimum atomic E-state index is -0.805. The first-order valence-corrected chi connectivity index (χ1v) is 3.27. The van der Waals surface area contributed by atoms with Gasteiger partial charge in [-0.1, -0.05) is 6.07 Å². The van der Waals surface area contributed by atoms with Crippen molar-refractivity contribution >= 4 is 6.16 Å². The van der Waals surface area contributed by atoms with Crippen LogP contribution in [-0.2, 0) is 4.74 Å². The summed E-state index contributed by atoms with van der Waals surface area (Å²) in [6.07, 6.45) is -0.805. The average molecular weight is 168 g/mol. The molecule has 0 saturated heterocycles. The zero-order valence-corrected chi connectivity index (χ0v) is 6.48. The molecule has 0 aliphatic carbocycles. The highest BCUT2D eigenvalue weighted by molar-refractivity contribution is 5.63. The largest absolute Gasteiger partial charge is 0.513 e. The molecule has 0 fully saturated rings. The highest BCUT2D eigenvalue weighted by atomic mass is 16.7. The van der Waals surface area contributed by atoms with Gasteiger partial charge in [0.2, 0.25) is 0 Å². The third-order valence-corrected chi connectivity index (χ3v) is 1.19. The molecule has 0 bridgehead atoms. The molecule has 0 aliphatic rings. The third-order valence-electron chi connectivity index (χ3n) is 1.19. The molecule has 0 unspecified atom stereocenters. The Morgan fingerprint density at radius 1 is 1.50 bits per heavy atom. The van der Waals surface area contributed by atoms with Crippen LogP contribution in [0.4, 0.5) is 4.79 Å². The van der Waals surface area contributed by atoms with Gasteiger partial charge in [-0.3, -0.25) is 0 Å². The number of hydrogen-bond acceptors (Lipinski definition) is 4. The third kappa shape index (κ3) is 2.16. The van der Waals surface area contributed by atoms with Gasteiger partial charge in [0.25, 0.3) is 0 Å². The van der Waals surface area contributed by atoms with Crippen molar-refractivity contribution in [1.82, 2.24) is 0 Å². The first-order chi connectivity index (χ1) is 5.72. The Morgan fingerprint density at radius 3 is 2.83 bits per heavy atom. The highest BCUT2D eigenvalue weighted by Gasteiger charge is 2.02. The zero-order chi connectivity index (χ0) is 8.97. The van der Waals surface area contributed by atoms with Crippen molar-refractivity contribution in [2.45, 2.75) is 0 Å². The van der Waals surface area contributed by atoms with Gasteiger partial charge in [-0.2, -0.15) is 0 Å². The van der Waals surface area contributed by atoms with Gasteiger partial charge in [-0.05, 0) is 12.1 Å². The molecule has 0 saturated carbocycles. The summed E-state index contributed by atoms with van der Waals surface area (Å²) >= 11 is 0. The van der Waals surface area contributed by atoms with Gasteiger partial charge in [-0.25, -0.2) is 4.79 Å². The molecule has 4 heteroatoms. The summed E-state index contributed by atoms with van der Waals surface area (Å²) in [6.45, 7) is 0. The fourth-order valence-corrected chi connectivity index (χ4v) is 0.685. The van der Waals surface area contributed by atoms with Gasteiger partial charge in [0.05, 0.1) is 7.11 Å². The van der Waals surface area contributed by atoms with Crippen molar-refractivity contribution < 1.29 is 19.4 Å².